The van der Waals surface area contributed by atoms with E-state index in [9.17, 15) is 23.3 Å². The van der Waals surface area contributed by atoms with Crippen LogP contribution in [0.1, 0.15) is 12.8 Å². The summed E-state index contributed by atoms with van der Waals surface area (Å²) in [5, 5.41) is 11.0. The Bertz CT molecular complexity index is 1160. The maximum Gasteiger partial charge on any atom is 0.270 e. The van der Waals surface area contributed by atoms with E-state index < -0.39 is 26.8 Å². The van der Waals surface area contributed by atoms with Gasteiger partial charge in [-0.15, -0.1) is 6.42 Å². The van der Waals surface area contributed by atoms with Gasteiger partial charge in [0.15, 0.2) is 4.80 Å². The van der Waals surface area contributed by atoms with E-state index in [0.717, 1.165) is 17.6 Å². The number of nitro benzene ring substituents is 1. The summed E-state index contributed by atoms with van der Waals surface area (Å²) in [5.74, 6) is 1.55. The van der Waals surface area contributed by atoms with Gasteiger partial charge in [0.25, 0.3) is 11.6 Å². The number of fused-ring (bicyclic) bond motifs is 1. The Morgan fingerprint density at radius 2 is 2.25 bits per heavy atom. The van der Waals surface area contributed by atoms with Crippen LogP contribution in [0.25, 0.3) is 10.2 Å². The molecular weight excluding hydrogens is 404 g/mol. The van der Waals surface area contributed by atoms with E-state index in [0.29, 0.717) is 34.4 Å². The number of nitro groups is 1. The molecule has 2 aromatic rings. The lowest BCUT2D eigenvalue weighted by Crippen LogP contribution is -2.41. The summed E-state index contributed by atoms with van der Waals surface area (Å²) in [6.45, 7) is 0.656. The van der Waals surface area contributed by atoms with Crippen LogP contribution in [0.2, 0.25) is 0 Å². The van der Waals surface area contributed by atoms with Gasteiger partial charge in [0, 0.05) is 25.2 Å². The molecular formula is C17H18N4O5S2. The van der Waals surface area contributed by atoms with Crippen molar-refractivity contribution in [3.8, 4) is 12.3 Å². The molecule has 2 heterocycles. The Labute approximate surface area is 165 Å². The molecule has 1 aromatic heterocycles. The highest BCUT2D eigenvalue weighted by atomic mass is 32.2. The molecule has 0 N–H and O–H groups in total. The Hall–Kier alpha value is -2.55. The van der Waals surface area contributed by atoms with Crippen molar-refractivity contribution in [3.63, 3.8) is 0 Å². The second-order valence-corrected chi connectivity index (χ2v) is 9.49. The molecule has 1 atom stereocenters. The third kappa shape index (κ3) is 4.14. The van der Waals surface area contributed by atoms with E-state index in [4.69, 9.17) is 6.42 Å². The number of hydrogen-bond acceptors (Lipinski definition) is 6. The highest BCUT2D eigenvalue weighted by Gasteiger charge is 2.30. The smallest absolute Gasteiger partial charge is 0.270 e. The summed E-state index contributed by atoms with van der Waals surface area (Å²) in [4.78, 5) is 27.7. The van der Waals surface area contributed by atoms with Crippen LogP contribution < -0.4 is 4.80 Å². The van der Waals surface area contributed by atoms with Crippen molar-refractivity contribution in [1.82, 2.24) is 8.87 Å². The van der Waals surface area contributed by atoms with Crippen LogP contribution in [0.4, 0.5) is 5.69 Å². The largest absolute Gasteiger partial charge is 0.305 e. The average Bonchev–Trinajstić information content (AvgIpc) is 2.98. The number of nitrogens with zero attached hydrogens (tertiary/aromatic N) is 4. The molecule has 11 heteroatoms. The number of piperidine rings is 1. The van der Waals surface area contributed by atoms with E-state index in [1.165, 1.54) is 16.4 Å². The van der Waals surface area contributed by atoms with E-state index in [1.54, 1.807) is 10.6 Å². The molecule has 1 fully saturated rings. The maximum atomic E-state index is 12.7. The zero-order chi connectivity index (χ0) is 20.5. The number of amides is 1. The fourth-order valence-corrected chi connectivity index (χ4v) is 5.11. The maximum absolute atomic E-state index is 12.7. The van der Waals surface area contributed by atoms with E-state index in [2.05, 4.69) is 10.9 Å². The number of sulfonamides is 1. The first-order valence-corrected chi connectivity index (χ1v) is 11.1. The lowest BCUT2D eigenvalue weighted by atomic mass is 9.99. The van der Waals surface area contributed by atoms with Gasteiger partial charge in [-0.3, -0.25) is 14.9 Å². The summed E-state index contributed by atoms with van der Waals surface area (Å²) in [5.41, 5.74) is 0.595. The van der Waals surface area contributed by atoms with Crippen LogP contribution in [-0.4, -0.2) is 47.5 Å². The molecule has 1 aliphatic rings. The van der Waals surface area contributed by atoms with Crippen molar-refractivity contribution in [3.05, 3.63) is 33.1 Å². The fourth-order valence-electron chi connectivity index (χ4n) is 3.14. The van der Waals surface area contributed by atoms with Crippen LogP contribution in [0.5, 0.6) is 0 Å². The second-order valence-electron chi connectivity index (χ2n) is 6.49. The lowest BCUT2D eigenvalue weighted by Gasteiger charge is -2.28. The lowest BCUT2D eigenvalue weighted by molar-refractivity contribution is -0.384. The van der Waals surface area contributed by atoms with Crippen molar-refractivity contribution < 1.29 is 18.1 Å². The van der Waals surface area contributed by atoms with Crippen LogP contribution >= 0.6 is 11.3 Å². The number of terminal acetylenes is 1. The fraction of sp³-hybridized carbons (Fsp3) is 0.412. The van der Waals surface area contributed by atoms with Gasteiger partial charge in [-0.05, 0) is 18.9 Å². The van der Waals surface area contributed by atoms with Crippen molar-refractivity contribution >= 4 is 43.2 Å². The normalized spacial score (nSPS) is 18.9. The van der Waals surface area contributed by atoms with Crippen molar-refractivity contribution in [1.29, 1.82) is 0 Å². The van der Waals surface area contributed by atoms with Crippen LogP contribution in [0, 0.1) is 28.4 Å². The SMILES string of the molecule is C#CCn1c(=NC(=O)C2CCCN(S(C)(=O)=O)C2)sc2cc([N+](=O)[O-])ccc21. The van der Waals surface area contributed by atoms with E-state index in [-0.39, 0.29) is 18.8 Å². The Morgan fingerprint density at radius 1 is 1.50 bits per heavy atom. The van der Waals surface area contributed by atoms with Crippen molar-refractivity contribution in [2.75, 3.05) is 19.3 Å². The molecule has 1 unspecified atom stereocenters. The molecule has 0 saturated carbocycles. The third-order valence-electron chi connectivity index (χ3n) is 4.53. The topological polar surface area (TPSA) is 115 Å². The minimum atomic E-state index is -3.37. The number of rotatable bonds is 4. The Balaban J connectivity index is 2.00. The summed E-state index contributed by atoms with van der Waals surface area (Å²) in [7, 11) is -3.37. The van der Waals surface area contributed by atoms with Crippen molar-refractivity contribution in [2.24, 2.45) is 10.9 Å². The molecule has 0 bridgehead atoms. The molecule has 28 heavy (non-hydrogen) atoms. The Morgan fingerprint density at radius 3 is 2.89 bits per heavy atom. The molecule has 9 nitrogen and oxygen atoms in total. The summed E-state index contributed by atoms with van der Waals surface area (Å²) >= 11 is 1.14. The number of non-ortho nitro benzene ring substituents is 1. The number of aromatic nitrogens is 1. The van der Waals surface area contributed by atoms with Gasteiger partial charge in [0.1, 0.15) is 0 Å². The van der Waals surface area contributed by atoms with Gasteiger partial charge in [0.2, 0.25) is 10.0 Å². The standard InChI is InChI=1S/C17H18N4O5S2/c1-3-8-20-14-7-6-13(21(23)24)10-15(14)27-17(20)18-16(22)12-5-4-9-19(11-12)28(2,25)26/h1,6-7,10,12H,4-5,8-9,11H2,2H3. The molecule has 1 saturated heterocycles. The third-order valence-corrected chi connectivity index (χ3v) is 6.85. The molecule has 0 aliphatic carbocycles. The first kappa shape index (κ1) is 20.2. The van der Waals surface area contributed by atoms with Gasteiger partial charge in [-0.25, -0.2) is 12.7 Å². The number of benzene rings is 1. The molecule has 148 valence electrons. The number of carbonyl (C=O) groups is 1. The highest BCUT2D eigenvalue weighted by molar-refractivity contribution is 7.88. The van der Waals surface area contributed by atoms with Crippen LogP contribution in [0.3, 0.4) is 0 Å². The highest BCUT2D eigenvalue weighted by Crippen LogP contribution is 2.24. The van der Waals surface area contributed by atoms with Crippen LogP contribution in [0.15, 0.2) is 23.2 Å². The molecule has 1 amide bonds. The molecule has 0 radical (unpaired) electrons. The zero-order valence-electron chi connectivity index (χ0n) is 15.1. The first-order chi connectivity index (χ1) is 13.2. The average molecular weight is 422 g/mol. The molecule has 0 spiro atoms. The van der Waals surface area contributed by atoms with E-state index in [1.807, 2.05) is 0 Å². The predicted octanol–water partition coefficient (Wildman–Crippen LogP) is 1.34. The molecule has 1 aliphatic heterocycles. The van der Waals surface area contributed by atoms with Gasteiger partial charge in [-0.2, -0.15) is 4.99 Å². The van der Waals surface area contributed by atoms with Gasteiger partial charge in [0.05, 0.1) is 33.9 Å². The first-order valence-electron chi connectivity index (χ1n) is 8.45. The Kier molecular flexibility index (Phi) is 5.64. The predicted molar refractivity (Wildman–Crippen MR) is 105 cm³/mol. The van der Waals surface area contributed by atoms with Gasteiger partial charge in [-0.1, -0.05) is 17.3 Å². The summed E-state index contributed by atoms with van der Waals surface area (Å²) < 4.78 is 27.1. The number of carbonyl (C=O) groups excluding carboxylic acids is 1. The minimum Gasteiger partial charge on any atom is -0.305 e. The summed E-state index contributed by atoms with van der Waals surface area (Å²) in [6.07, 6.45) is 7.69. The van der Waals surface area contributed by atoms with Gasteiger partial charge >= 0.3 is 0 Å². The summed E-state index contributed by atoms with van der Waals surface area (Å²) in [6, 6.07) is 4.37. The second kappa shape index (κ2) is 7.83. The zero-order valence-corrected chi connectivity index (χ0v) is 16.7. The van der Waals surface area contributed by atoms with E-state index >= 15 is 0 Å². The van der Waals surface area contributed by atoms with Gasteiger partial charge < -0.3 is 4.57 Å². The molecule has 3 rings (SSSR count). The van der Waals surface area contributed by atoms with Crippen molar-refractivity contribution in [2.45, 2.75) is 19.4 Å². The molecule has 1 aromatic carbocycles. The van der Waals surface area contributed by atoms with Crippen LogP contribution in [-0.2, 0) is 21.4 Å². The number of hydrogen-bond donors (Lipinski definition) is 0. The minimum absolute atomic E-state index is 0.0597. The number of thiazole rings is 1. The monoisotopic (exact) mass is 422 g/mol. The quantitative estimate of drug-likeness (QED) is 0.419.